The first kappa shape index (κ1) is 32.7. The van der Waals surface area contributed by atoms with Crippen LogP contribution < -0.4 is 51.4 Å². The summed E-state index contributed by atoms with van der Waals surface area (Å²) in [5, 5.41) is 9.35. The maximum Gasteiger partial charge on any atom is 1.00 e. The standard InChI is InChI=1S/C23H48O4S.K/c1-3-5-7-8-11-15-18-22(24)19-16-12-9-10-13-17-21-23(28(25,26)27)20-14-6-4-2;/h22-24H,3-21H2,1-2H3,(H,25,26,27);/q;+1/p-1. The van der Waals surface area contributed by atoms with Gasteiger partial charge in [0.15, 0.2) is 0 Å². The van der Waals surface area contributed by atoms with Gasteiger partial charge in [-0.25, -0.2) is 8.42 Å². The molecular formula is C23H47KO4S. The monoisotopic (exact) mass is 458 g/mol. The minimum absolute atomic E-state index is 0. The molecule has 0 amide bonds. The van der Waals surface area contributed by atoms with Crippen LogP contribution >= 0.6 is 0 Å². The van der Waals surface area contributed by atoms with Crippen LogP contribution in [0.1, 0.15) is 136 Å². The molecule has 0 bridgehead atoms. The predicted octanol–water partition coefficient (Wildman–Crippen LogP) is 3.72. The quantitative estimate of drug-likeness (QED) is 0.162. The molecule has 0 fully saturated rings. The third-order valence-corrected chi connectivity index (χ3v) is 7.03. The zero-order valence-electron chi connectivity index (χ0n) is 19.7. The molecule has 2 unspecified atom stereocenters. The predicted molar refractivity (Wildman–Crippen MR) is 119 cm³/mol. The van der Waals surface area contributed by atoms with E-state index in [4.69, 9.17) is 0 Å². The summed E-state index contributed by atoms with van der Waals surface area (Å²) in [6.07, 6.45) is 19.5. The molecule has 0 aromatic rings. The molecule has 170 valence electrons. The Morgan fingerprint density at radius 1 is 0.621 bits per heavy atom. The van der Waals surface area contributed by atoms with Crippen molar-refractivity contribution in [2.45, 2.75) is 147 Å². The van der Waals surface area contributed by atoms with Gasteiger partial charge in [-0.3, -0.25) is 0 Å². The number of rotatable bonds is 21. The molecule has 0 aromatic heterocycles. The SMILES string of the molecule is CCCCCCCCC(O)CCCCCCCCC(CCCCC)S(=O)(=O)[O-].[K+]. The van der Waals surface area contributed by atoms with Crippen molar-refractivity contribution in [3.8, 4) is 0 Å². The van der Waals surface area contributed by atoms with Gasteiger partial charge in [0.1, 0.15) is 0 Å². The van der Waals surface area contributed by atoms with Crippen LogP contribution in [0.25, 0.3) is 0 Å². The molecule has 0 rings (SSSR count). The summed E-state index contributed by atoms with van der Waals surface area (Å²) in [5.41, 5.74) is 0. The van der Waals surface area contributed by atoms with E-state index in [2.05, 4.69) is 13.8 Å². The molecule has 0 aromatic carbocycles. The molecule has 0 radical (unpaired) electrons. The maximum absolute atomic E-state index is 11.4. The molecule has 6 heteroatoms. The number of unbranched alkanes of at least 4 members (excludes halogenated alkanes) is 12. The van der Waals surface area contributed by atoms with Crippen molar-refractivity contribution >= 4 is 10.1 Å². The van der Waals surface area contributed by atoms with E-state index in [0.717, 1.165) is 77.0 Å². The molecule has 0 saturated heterocycles. The summed E-state index contributed by atoms with van der Waals surface area (Å²) >= 11 is 0. The van der Waals surface area contributed by atoms with Gasteiger partial charge in [0.25, 0.3) is 0 Å². The Morgan fingerprint density at radius 3 is 1.34 bits per heavy atom. The van der Waals surface area contributed by atoms with Crippen LogP contribution in [0.2, 0.25) is 0 Å². The van der Waals surface area contributed by atoms with E-state index >= 15 is 0 Å². The topological polar surface area (TPSA) is 77.4 Å². The Balaban J connectivity index is 0. The summed E-state index contributed by atoms with van der Waals surface area (Å²) in [7, 11) is -4.15. The van der Waals surface area contributed by atoms with E-state index < -0.39 is 15.4 Å². The Hall–Kier alpha value is 1.51. The van der Waals surface area contributed by atoms with Crippen molar-refractivity contribution in [1.29, 1.82) is 0 Å². The van der Waals surface area contributed by atoms with Crippen molar-refractivity contribution < 1.29 is 69.5 Å². The molecule has 2 atom stereocenters. The third-order valence-electron chi connectivity index (χ3n) is 5.74. The van der Waals surface area contributed by atoms with Gasteiger partial charge >= 0.3 is 51.4 Å². The van der Waals surface area contributed by atoms with Crippen LogP contribution in [0.15, 0.2) is 0 Å². The molecule has 0 spiro atoms. The second-order valence-corrected chi connectivity index (χ2v) is 10.2. The van der Waals surface area contributed by atoms with Gasteiger partial charge < -0.3 is 9.66 Å². The first-order chi connectivity index (χ1) is 13.4. The van der Waals surface area contributed by atoms with Gasteiger partial charge in [-0.2, -0.15) is 0 Å². The molecule has 0 aliphatic carbocycles. The van der Waals surface area contributed by atoms with E-state index in [-0.39, 0.29) is 57.5 Å². The van der Waals surface area contributed by atoms with Gasteiger partial charge in [0, 0.05) is 5.25 Å². The summed E-state index contributed by atoms with van der Waals surface area (Å²) in [4.78, 5) is 0. The molecule has 1 N–H and O–H groups in total. The zero-order valence-corrected chi connectivity index (χ0v) is 23.6. The molecular weight excluding hydrogens is 411 g/mol. The summed E-state index contributed by atoms with van der Waals surface area (Å²) < 4.78 is 34.1. The van der Waals surface area contributed by atoms with E-state index in [0.29, 0.717) is 12.8 Å². The van der Waals surface area contributed by atoms with Crippen molar-refractivity contribution in [3.05, 3.63) is 0 Å². The van der Waals surface area contributed by atoms with E-state index in [1.165, 1.54) is 32.1 Å². The van der Waals surface area contributed by atoms with E-state index in [9.17, 15) is 18.1 Å². The Bertz CT molecular complexity index is 429. The summed E-state index contributed by atoms with van der Waals surface area (Å²) in [6.45, 7) is 4.31. The average molecular weight is 459 g/mol. The molecule has 29 heavy (non-hydrogen) atoms. The van der Waals surface area contributed by atoms with Gasteiger partial charge in [0.2, 0.25) is 0 Å². The fourth-order valence-electron chi connectivity index (χ4n) is 3.82. The minimum Gasteiger partial charge on any atom is -0.748 e. The Morgan fingerprint density at radius 2 is 0.931 bits per heavy atom. The van der Waals surface area contributed by atoms with Crippen molar-refractivity contribution in [1.82, 2.24) is 0 Å². The van der Waals surface area contributed by atoms with Crippen LogP contribution in [0.4, 0.5) is 0 Å². The first-order valence-corrected chi connectivity index (χ1v) is 13.5. The second-order valence-electron chi connectivity index (χ2n) is 8.52. The van der Waals surface area contributed by atoms with Gasteiger partial charge in [-0.15, -0.1) is 0 Å². The molecule has 0 saturated carbocycles. The van der Waals surface area contributed by atoms with E-state index in [1.807, 2.05) is 0 Å². The molecule has 0 aliphatic heterocycles. The fraction of sp³-hybridized carbons (Fsp3) is 1.00. The summed E-state index contributed by atoms with van der Waals surface area (Å²) in [6, 6.07) is 0. The molecule has 0 aliphatic rings. The fourth-order valence-corrected chi connectivity index (χ4v) is 4.73. The number of hydrogen-bond donors (Lipinski definition) is 1. The van der Waals surface area contributed by atoms with Crippen LogP contribution in [-0.4, -0.2) is 29.4 Å². The van der Waals surface area contributed by atoms with Crippen molar-refractivity contribution in [2.24, 2.45) is 0 Å². The zero-order chi connectivity index (χ0) is 21.1. The average Bonchev–Trinajstić information content (AvgIpc) is 2.64. The number of aliphatic hydroxyl groups excluding tert-OH is 1. The molecule has 0 heterocycles. The van der Waals surface area contributed by atoms with Gasteiger partial charge in [0.05, 0.1) is 16.2 Å². The van der Waals surface area contributed by atoms with E-state index in [1.54, 1.807) is 0 Å². The van der Waals surface area contributed by atoms with Crippen LogP contribution in [0.3, 0.4) is 0 Å². The second kappa shape index (κ2) is 22.7. The first-order valence-electron chi connectivity index (χ1n) is 12.0. The Kier molecular flexibility index (Phi) is 25.6. The van der Waals surface area contributed by atoms with Crippen LogP contribution in [-0.2, 0) is 10.1 Å². The van der Waals surface area contributed by atoms with Crippen LogP contribution in [0, 0.1) is 0 Å². The van der Waals surface area contributed by atoms with Crippen molar-refractivity contribution in [2.75, 3.05) is 0 Å². The van der Waals surface area contributed by atoms with Gasteiger partial charge in [-0.1, -0.05) is 110 Å². The molecule has 4 nitrogen and oxygen atoms in total. The number of hydrogen-bond acceptors (Lipinski definition) is 4. The normalized spacial score (nSPS) is 13.8. The third kappa shape index (κ3) is 22.5. The Labute approximate surface area is 224 Å². The van der Waals surface area contributed by atoms with Gasteiger partial charge in [-0.05, 0) is 25.7 Å². The number of aliphatic hydroxyl groups is 1. The van der Waals surface area contributed by atoms with Crippen LogP contribution in [0.5, 0.6) is 0 Å². The minimum atomic E-state index is -4.15. The summed E-state index contributed by atoms with van der Waals surface area (Å²) in [5.74, 6) is 0. The largest absolute Gasteiger partial charge is 1.00 e. The maximum atomic E-state index is 11.4. The van der Waals surface area contributed by atoms with Crippen molar-refractivity contribution in [3.63, 3.8) is 0 Å². The smallest absolute Gasteiger partial charge is 0.748 e.